The Balaban J connectivity index is 2.41. The van der Waals surface area contributed by atoms with Crippen molar-refractivity contribution in [1.82, 2.24) is 9.97 Å². The minimum Gasteiger partial charge on any atom is -0.438 e. The van der Waals surface area contributed by atoms with Crippen LogP contribution in [-0.2, 0) is 0 Å². The predicted molar refractivity (Wildman–Crippen MR) is 72.4 cm³/mol. The SMILES string of the molecule is Cc1ccccc1Oc1ncnc(Cl)c1C(C)C. The van der Waals surface area contributed by atoms with E-state index in [1.807, 2.05) is 45.0 Å². The lowest BCUT2D eigenvalue weighted by Gasteiger charge is -2.14. The van der Waals surface area contributed by atoms with Crippen molar-refractivity contribution in [2.75, 3.05) is 0 Å². The number of benzene rings is 1. The van der Waals surface area contributed by atoms with E-state index in [4.69, 9.17) is 16.3 Å². The van der Waals surface area contributed by atoms with Crippen LogP contribution in [0.15, 0.2) is 30.6 Å². The first-order chi connectivity index (χ1) is 8.59. The van der Waals surface area contributed by atoms with Crippen molar-refractivity contribution in [3.8, 4) is 11.6 Å². The largest absolute Gasteiger partial charge is 0.438 e. The van der Waals surface area contributed by atoms with Gasteiger partial charge in [0, 0.05) is 0 Å². The van der Waals surface area contributed by atoms with Crippen molar-refractivity contribution in [3.63, 3.8) is 0 Å². The van der Waals surface area contributed by atoms with Crippen LogP contribution < -0.4 is 4.74 Å². The molecule has 2 aromatic rings. The number of halogens is 1. The number of nitrogens with zero attached hydrogens (tertiary/aromatic N) is 2. The molecule has 4 heteroatoms. The van der Waals surface area contributed by atoms with E-state index in [1.54, 1.807) is 0 Å². The number of para-hydroxylation sites is 1. The molecule has 2 rings (SSSR count). The fourth-order valence-electron chi connectivity index (χ4n) is 1.70. The molecule has 0 N–H and O–H groups in total. The van der Waals surface area contributed by atoms with Gasteiger partial charge < -0.3 is 4.74 Å². The van der Waals surface area contributed by atoms with Gasteiger partial charge in [-0.3, -0.25) is 0 Å². The van der Waals surface area contributed by atoms with Crippen molar-refractivity contribution in [1.29, 1.82) is 0 Å². The monoisotopic (exact) mass is 262 g/mol. The molecule has 0 spiro atoms. The minimum atomic E-state index is 0.206. The lowest BCUT2D eigenvalue weighted by atomic mass is 10.1. The van der Waals surface area contributed by atoms with E-state index in [2.05, 4.69) is 9.97 Å². The zero-order chi connectivity index (χ0) is 13.1. The molecular weight excluding hydrogens is 248 g/mol. The highest BCUT2D eigenvalue weighted by Crippen LogP contribution is 2.33. The van der Waals surface area contributed by atoms with Crippen molar-refractivity contribution >= 4 is 11.6 Å². The summed E-state index contributed by atoms with van der Waals surface area (Å²) in [7, 11) is 0. The second-order valence-corrected chi connectivity index (χ2v) is 4.76. The van der Waals surface area contributed by atoms with Gasteiger partial charge in [0.1, 0.15) is 17.2 Å². The predicted octanol–water partition coefficient (Wildman–Crippen LogP) is 4.35. The third-order valence-corrected chi connectivity index (χ3v) is 2.98. The quantitative estimate of drug-likeness (QED) is 0.771. The smallest absolute Gasteiger partial charge is 0.227 e. The van der Waals surface area contributed by atoms with Crippen molar-refractivity contribution in [2.24, 2.45) is 0 Å². The van der Waals surface area contributed by atoms with Gasteiger partial charge in [0.05, 0.1) is 5.56 Å². The number of rotatable bonds is 3. The Morgan fingerprint density at radius 1 is 1.17 bits per heavy atom. The van der Waals surface area contributed by atoms with Gasteiger partial charge in [0.2, 0.25) is 5.88 Å². The normalized spacial score (nSPS) is 10.7. The summed E-state index contributed by atoms with van der Waals surface area (Å²) in [6.07, 6.45) is 1.42. The molecule has 0 amide bonds. The van der Waals surface area contributed by atoms with E-state index in [-0.39, 0.29) is 5.92 Å². The molecule has 0 atom stereocenters. The van der Waals surface area contributed by atoms with E-state index in [9.17, 15) is 0 Å². The topological polar surface area (TPSA) is 35.0 Å². The molecule has 1 heterocycles. The van der Waals surface area contributed by atoms with Crippen LogP contribution in [0.5, 0.6) is 11.6 Å². The van der Waals surface area contributed by atoms with Crippen LogP contribution in [0.3, 0.4) is 0 Å². The van der Waals surface area contributed by atoms with Gasteiger partial charge in [-0.05, 0) is 24.5 Å². The molecule has 94 valence electrons. The molecule has 0 radical (unpaired) electrons. The fourth-order valence-corrected chi connectivity index (χ4v) is 2.04. The van der Waals surface area contributed by atoms with E-state index in [1.165, 1.54) is 6.33 Å². The highest BCUT2D eigenvalue weighted by Gasteiger charge is 2.15. The summed E-state index contributed by atoms with van der Waals surface area (Å²) in [5, 5.41) is 0.448. The summed E-state index contributed by atoms with van der Waals surface area (Å²) in [6.45, 7) is 6.07. The standard InChI is InChI=1S/C14H15ClN2O/c1-9(2)12-13(15)16-8-17-14(12)18-11-7-5-4-6-10(11)3/h4-9H,1-3H3. The Morgan fingerprint density at radius 3 is 2.56 bits per heavy atom. The summed E-state index contributed by atoms with van der Waals surface area (Å²) in [6, 6.07) is 7.81. The Labute approximate surface area is 112 Å². The summed E-state index contributed by atoms with van der Waals surface area (Å²) < 4.78 is 5.85. The lowest BCUT2D eigenvalue weighted by molar-refractivity contribution is 0.448. The van der Waals surface area contributed by atoms with E-state index < -0.39 is 0 Å². The molecule has 0 unspecified atom stereocenters. The molecule has 0 aliphatic heterocycles. The molecule has 18 heavy (non-hydrogen) atoms. The van der Waals surface area contributed by atoms with Gasteiger partial charge in [-0.15, -0.1) is 0 Å². The van der Waals surface area contributed by atoms with Crippen LogP contribution in [0, 0.1) is 6.92 Å². The van der Waals surface area contributed by atoms with Crippen LogP contribution in [0.2, 0.25) is 5.15 Å². The maximum atomic E-state index is 6.10. The van der Waals surface area contributed by atoms with Crippen molar-refractivity contribution < 1.29 is 4.74 Å². The van der Waals surface area contributed by atoms with E-state index in [0.29, 0.717) is 11.0 Å². The van der Waals surface area contributed by atoms with Crippen molar-refractivity contribution in [2.45, 2.75) is 26.7 Å². The summed E-state index contributed by atoms with van der Waals surface area (Å²) >= 11 is 6.10. The molecular formula is C14H15ClN2O. The fraction of sp³-hybridized carbons (Fsp3) is 0.286. The van der Waals surface area contributed by atoms with Crippen LogP contribution in [0.4, 0.5) is 0 Å². The highest BCUT2D eigenvalue weighted by molar-refractivity contribution is 6.30. The minimum absolute atomic E-state index is 0.206. The molecule has 0 saturated heterocycles. The summed E-state index contributed by atoms with van der Waals surface area (Å²) in [4.78, 5) is 8.18. The Kier molecular flexibility index (Phi) is 3.82. The number of aryl methyl sites for hydroxylation is 1. The first-order valence-electron chi connectivity index (χ1n) is 5.83. The molecule has 0 bridgehead atoms. The Hall–Kier alpha value is -1.61. The van der Waals surface area contributed by atoms with E-state index in [0.717, 1.165) is 16.9 Å². The van der Waals surface area contributed by atoms with Gasteiger partial charge in [0.25, 0.3) is 0 Å². The second kappa shape index (κ2) is 5.36. The first kappa shape index (κ1) is 12.8. The second-order valence-electron chi connectivity index (χ2n) is 4.41. The molecule has 1 aromatic heterocycles. The molecule has 0 fully saturated rings. The molecule has 0 saturated carbocycles. The van der Waals surface area contributed by atoms with Gasteiger partial charge in [-0.2, -0.15) is 0 Å². The third-order valence-electron chi connectivity index (χ3n) is 2.68. The Bertz CT molecular complexity index is 555. The van der Waals surface area contributed by atoms with Crippen LogP contribution in [0.25, 0.3) is 0 Å². The van der Waals surface area contributed by atoms with Crippen LogP contribution in [-0.4, -0.2) is 9.97 Å². The Morgan fingerprint density at radius 2 is 1.89 bits per heavy atom. The van der Waals surface area contributed by atoms with E-state index >= 15 is 0 Å². The van der Waals surface area contributed by atoms with Gasteiger partial charge in [-0.25, -0.2) is 9.97 Å². The molecule has 0 aliphatic rings. The van der Waals surface area contributed by atoms with Crippen LogP contribution in [0.1, 0.15) is 30.9 Å². The molecule has 1 aromatic carbocycles. The zero-order valence-corrected chi connectivity index (χ0v) is 11.4. The number of hydrogen-bond acceptors (Lipinski definition) is 3. The zero-order valence-electron chi connectivity index (χ0n) is 10.6. The number of hydrogen-bond donors (Lipinski definition) is 0. The summed E-state index contributed by atoms with van der Waals surface area (Å²) in [5.74, 6) is 1.52. The van der Waals surface area contributed by atoms with Crippen LogP contribution >= 0.6 is 11.6 Å². The maximum Gasteiger partial charge on any atom is 0.227 e. The van der Waals surface area contributed by atoms with Gasteiger partial charge in [0.15, 0.2) is 0 Å². The highest BCUT2D eigenvalue weighted by atomic mass is 35.5. The molecule has 0 aliphatic carbocycles. The average molecular weight is 263 g/mol. The summed E-state index contributed by atoms with van der Waals surface area (Å²) in [5.41, 5.74) is 1.89. The lowest BCUT2D eigenvalue weighted by Crippen LogP contribution is -2.00. The molecule has 3 nitrogen and oxygen atoms in total. The average Bonchev–Trinajstić information content (AvgIpc) is 2.31. The van der Waals surface area contributed by atoms with Crippen molar-refractivity contribution in [3.05, 3.63) is 46.9 Å². The number of aromatic nitrogens is 2. The van der Waals surface area contributed by atoms with Gasteiger partial charge >= 0.3 is 0 Å². The maximum absolute atomic E-state index is 6.10. The number of ether oxygens (including phenoxy) is 1. The van der Waals surface area contributed by atoms with Gasteiger partial charge in [-0.1, -0.05) is 43.6 Å². The first-order valence-corrected chi connectivity index (χ1v) is 6.21. The third kappa shape index (κ3) is 2.62.